The van der Waals surface area contributed by atoms with Crippen LogP contribution >= 0.6 is 7.82 Å². The van der Waals surface area contributed by atoms with Crippen molar-refractivity contribution in [3.8, 4) is 0 Å². The summed E-state index contributed by atoms with van der Waals surface area (Å²) in [6, 6.07) is 0. The molecule has 3 unspecified atom stereocenters. The summed E-state index contributed by atoms with van der Waals surface area (Å²) in [5.74, 6) is -1.47. The zero-order valence-electron chi connectivity index (χ0n) is 43.8. The molecule has 0 fully saturated rings. The van der Waals surface area contributed by atoms with Crippen molar-refractivity contribution in [3.05, 3.63) is 36.5 Å². The van der Waals surface area contributed by atoms with Crippen LogP contribution in [-0.4, -0.2) is 66.5 Å². The molecule has 0 radical (unpaired) electrons. The lowest BCUT2D eigenvalue weighted by Crippen LogP contribution is -2.30. The number of rotatable bonds is 52. The molecule has 3 atom stereocenters. The van der Waals surface area contributed by atoms with E-state index in [1.54, 1.807) is 0 Å². The first-order valence-electron chi connectivity index (χ1n) is 27.9. The minimum absolute atomic E-state index is 0.154. The second kappa shape index (κ2) is 51.1. The molecule has 0 aliphatic rings. The number of phosphoric acid groups is 1. The summed E-state index contributed by atoms with van der Waals surface area (Å²) in [5.41, 5.74) is 0. The van der Waals surface area contributed by atoms with Crippen molar-refractivity contribution in [3.63, 3.8) is 0 Å². The second-order valence-electron chi connectivity index (χ2n) is 18.7. The fraction of sp³-hybridized carbons (Fsp3) is 0.839. The maximum atomic E-state index is 12.9. The van der Waals surface area contributed by atoms with E-state index in [1.807, 2.05) is 0 Å². The summed E-state index contributed by atoms with van der Waals surface area (Å²) >= 11 is 0. The van der Waals surface area contributed by atoms with Crippen LogP contribution in [0, 0.1) is 0 Å². The molecule has 0 bridgehead atoms. The van der Waals surface area contributed by atoms with Gasteiger partial charge in [0.05, 0.1) is 19.8 Å². The van der Waals surface area contributed by atoms with Gasteiger partial charge in [-0.3, -0.25) is 23.4 Å². The first-order chi connectivity index (χ1) is 33.2. The normalized spacial score (nSPS) is 13.7. The van der Waals surface area contributed by atoms with Crippen LogP contribution in [0.2, 0.25) is 0 Å². The number of carbonyl (C=O) groups is 3. The molecule has 0 aromatic carbocycles. The highest BCUT2D eigenvalue weighted by Crippen LogP contribution is 2.43. The highest BCUT2D eigenvalue weighted by Gasteiger charge is 2.28. The topological polar surface area (TPSA) is 155 Å². The van der Waals surface area contributed by atoms with Crippen LogP contribution in [0.4, 0.5) is 0 Å². The van der Waals surface area contributed by atoms with Gasteiger partial charge in [0.15, 0.2) is 6.10 Å². The van der Waals surface area contributed by atoms with E-state index < -0.39 is 57.8 Å². The van der Waals surface area contributed by atoms with E-state index in [0.29, 0.717) is 19.3 Å². The van der Waals surface area contributed by atoms with Crippen molar-refractivity contribution >= 4 is 25.7 Å². The zero-order chi connectivity index (χ0) is 49.9. The highest BCUT2D eigenvalue weighted by molar-refractivity contribution is 7.47. The number of ether oxygens (including phenoxy) is 3. The Morgan fingerprint density at radius 2 is 0.721 bits per heavy atom. The molecule has 68 heavy (non-hydrogen) atoms. The van der Waals surface area contributed by atoms with Crippen molar-refractivity contribution in [2.75, 3.05) is 26.4 Å². The number of esters is 3. The summed E-state index contributed by atoms with van der Waals surface area (Å²) in [6.45, 7) is 4.59. The molecule has 0 aromatic rings. The van der Waals surface area contributed by atoms with Crippen molar-refractivity contribution in [2.45, 2.75) is 277 Å². The Morgan fingerprint density at radius 1 is 0.412 bits per heavy atom. The third kappa shape index (κ3) is 48.7. The molecule has 2 N–H and O–H groups in total. The van der Waals surface area contributed by atoms with Gasteiger partial charge in [-0.2, -0.15) is 0 Å². The summed E-state index contributed by atoms with van der Waals surface area (Å²) in [5, 5.41) is 9.76. The van der Waals surface area contributed by atoms with Gasteiger partial charge in [0.1, 0.15) is 12.7 Å². The second-order valence-corrected chi connectivity index (χ2v) is 20.2. The van der Waals surface area contributed by atoms with Crippen LogP contribution in [0.25, 0.3) is 0 Å². The molecule has 0 heterocycles. The number of phosphoric ester groups is 1. The molecule has 0 aliphatic carbocycles. The van der Waals surface area contributed by atoms with Gasteiger partial charge >= 0.3 is 25.7 Å². The quantitative estimate of drug-likeness (QED) is 0.0197. The van der Waals surface area contributed by atoms with Gasteiger partial charge in [0.25, 0.3) is 0 Å². The SMILES string of the molecule is CCCCC/C=C\C/C=C\CCCCCCCC(=O)OC(COC(=O)CCCCCCCCC/C=C\CCCCCCCC)COP(=O)(O)OCC(CO)OC(=O)CCCCCCCCCCC. The number of carbonyl (C=O) groups excluding carboxylic acids is 3. The van der Waals surface area contributed by atoms with Gasteiger partial charge in [-0.15, -0.1) is 0 Å². The Morgan fingerprint density at radius 3 is 1.13 bits per heavy atom. The molecule has 0 aromatic heterocycles. The van der Waals surface area contributed by atoms with E-state index in [0.717, 1.165) is 89.9 Å². The lowest BCUT2D eigenvalue weighted by Gasteiger charge is -2.21. The highest BCUT2D eigenvalue weighted by atomic mass is 31.2. The standard InChI is InChI=1S/C56H103O11P/c1-4-7-10-13-16-19-21-23-25-26-28-29-31-34-36-39-42-45-54(58)63-49-53(67-56(60)47-44-41-38-35-32-30-27-24-22-20-17-14-11-8-5-2)51-65-68(61,62)64-50-52(48-57)66-55(59)46-43-40-37-33-18-15-12-9-6-3/h17,20,23-25,27,52-53,57H,4-16,18-19,21-22,26,28-51H2,1-3H3,(H,61,62)/b20-17-,25-23-,27-24-. The summed E-state index contributed by atoms with van der Waals surface area (Å²) in [7, 11) is -4.74. The van der Waals surface area contributed by atoms with E-state index in [1.165, 1.54) is 116 Å². The Hall–Kier alpha value is -2.30. The minimum atomic E-state index is -4.74. The molecule has 398 valence electrons. The third-order valence-electron chi connectivity index (χ3n) is 12.0. The van der Waals surface area contributed by atoms with Crippen molar-refractivity contribution in [2.24, 2.45) is 0 Å². The Labute approximate surface area is 416 Å². The first kappa shape index (κ1) is 65.7. The van der Waals surface area contributed by atoms with Gasteiger partial charge < -0.3 is 24.2 Å². The largest absolute Gasteiger partial charge is 0.472 e. The number of unbranched alkanes of at least 4 members (excludes halogenated alkanes) is 29. The minimum Gasteiger partial charge on any atom is -0.462 e. The molecule has 11 nitrogen and oxygen atoms in total. The van der Waals surface area contributed by atoms with E-state index >= 15 is 0 Å². The number of hydrogen-bond acceptors (Lipinski definition) is 10. The predicted octanol–water partition coefficient (Wildman–Crippen LogP) is 16.0. The fourth-order valence-corrected chi connectivity index (χ4v) is 8.52. The lowest BCUT2D eigenvalue weighted by molar-refractivity contribution is -0.161. The molecule has 12 heteroatoms. The predicted molar refractivity (Wildman–Crippen MR) is 279 cm³/mol. The van der Waals surface area contributed by atoms with E-state index in [2.05, 4.69) is 57.2 Å². The Balaban J connectivity index is 4.73. The Kier molecular flexibility index (Phi) is 49.3. The monoisotopic (exact) mass is 983 g/mol. The maximum Gasteiger partial charge on any atom is 0.472 e. The van der Waals surface area contributed by atoms with Crippen molar-refractivity contribution < 1.29 is 52.2 Å². The molecular weight excluding hydrogens is 880 g/mol. The average Bonchev–Trinajstić information content (AvgIpc) is 3.32. The molecular formula is C56H103O11P. The van der Waals surface area contributed by atoms with Crippen LogP contribution in [0.1, 0.15) is 265 Å². The molecule has 0 saturated heterocycles. The third-order valence-corrected chi connectivity index (χ3v) is 13.0. The first-order valence-corrected chi connectivity index (χ1v) is 29.4. The molecule has 0 saturated carbocycles. The van der Waals surface area contributed by atoms with Crippen LogP contribution in [-0.2, 0) is 42.2 Å². The number of aliphatic hydroxyl groups excluding tert-OH is 1. The van der Waals surface area contributed by atoms with E-state index in [4.69, 9.17) is 23.3 Å². The van der Waals surface area contributed by atoms with Gasteiger partial charge in [-0.05, 0) is 77.0 Å². The smallest absolute Gasteiger partial charge is 0.462 e. The van der Waals surface area contributed by atoms with E-state index in [9.17, 15) is 28.9 Å². The van der Waals surface area contributed by atoms with E-state index in [-0.39, 0.29) is 25.9 Å². The average molecular weight is 983 g/mol. The van der Waals surface area contributed by atoms with Gasteiger partial charge in [0, 0.05) is 19.3 Å². The van der Waals surface area contributed by atoms with Gasteiger partial charge in [-0.25, -0.2) is 4.57 Å². The zero-order valence-corrected chi connectivity index (χ0v) is 44.7. The lowest BCUT2D eigenvalue weighted by atomic mass is 10.1. The Bertz CT molecular complexity index is 1280. The molecule has 0 aliphatic heterocycles. The van der Waals surface area contributed by atoms with Crippen LogP contribution in [0.3, 0.4) is 0 Å². The summed E-state index contributed by atoms with van der Waals surface area (Å²) < 4.78 is 39.4. The summed E-state index contributed by atoms with van der Waals surface area (Å²) in [6.07, 6.45) is 51.1. The number of hydrogen-bond donors (Lipinski definition) is 2. The van der Waals surface area contributed by atoms with Gasteiger partial charge in [0.2, 0.25) is 0 Å². The number of aliphatic hydroxyl groups is 1. The fourth-order valence-electron chi connectivity index (χ4n) is 7.73. The van der Waals surface area contributed by atoms with Gasteiger partial charge in [-0.1, -0.05) is 205 Å². The van der Waals surface area contributed by atoms with Crippen LogP contribution in [0.5, 0.6) is 0 Å². The summed E-state index contributed by atoms with van der Waals surface area (Å²) in [4.78, 5) is 48.3. The number of allylic oxidation sites excluding steroid dienone is 6. The molecule has 0 spiro atoms. The van der Waals surface area contributed by atoms with Crippen molar-refractivity contribution in [1.82, 2.24) is 0 Å². The molecule has 0 rings (SSSR count). The maximum absolute atomic E-state index is 12.9. The van der Waals surface area contributed by atoms with Crippen LogP contribution < -0.4 is 0 Å². The molecule has 0 amide bonds. The van der Waals surface area contributed by atoms with Crippen molar-refractivity contribution in [1.29, 1.82) is 0 Å². The van der Waals surface area contributed by atoms with Crippen LogP contribution in [0.15, 0.2) is 36.5 Å².